The van der Waals surface area contributed by atoms with E-state index >= 15 is 0 Å². The van der Waals surface area contributed by atoms with Crippen molar-refractivity contribution < 1.29 is 9.13 Å². The first-order chi connectivity index (χ1) is 8.54. The van der Waals surface area contributed by atoms with Gasteiger partial charge >= 0.3 is 0 Å². The maximum Gasteiger partial charge on any atom is 0.124 e. The second-order valence-electron chi connectivity index (χ2n) is 4.47. The van der Waals surface area contributed by atoms with E-state index in [1.165, 1.54) is 18.4 Å². The van der Waals surface area contributed by atoms with Crippen LogP contribution in [0.15, 0.2) is 31.0 Å². The first kappa shape index (κ1) is 14.8. The van der Waals surface area contributed by atoms with Gasteiger partial charge < -0.3 is 9.64 Å². The molecule has 0 aliphatic rings. The Labute approximate surface area is 113 Å². The first-order valence-corrected chi connectivity index (χ1v) is 6.35. The van der Waals surface area contributed by atoms with Crippen LogP contribution in [0.2, 0.25) is 5.02 Å². The van der Waals surface area contributed by atoms with Crippen molar-refractivity contribution in [3.05, 3.63) is 41.9 Å². The highest BCUT2D eigenvalue weighted by atomic mass is 35.5. The summed E-state index contributed by atoms with van der Waals surface area (Å²) in [6, 6.07) is 4.45. The molecule has 0 heterocycles. The molecule has 1 rings (SSSR count). The Kier molecular flexibility index (Phi) is 5.99. The standard InChI is InChI=1S/C14H19ClFNO/c1-4-18-8-7-17(10-11(2)3)14-6-5-12(16)9-13(14)15/h4-6,9,11H,1,7-8,10H2,2-3H3. The zero-order chi connectivity index (χ0) is 13.5. The fourth-order valence-corrected chi connectivity index (χ4v) is 2.02. The highest BCUT2D eigenvalue weighted by Gasteiger charge is 2.12. The largest absolute Gasteiger partial charge is 0.500 e. The summed E-state index contributed by atoms with van der Waals surface area (Å²) in [6.07, 6.45) is 1.42. The van der Waals surface area contributed by atoms with E-state index in [0.717, 1.165) is 12.2 Å². The number of ether oxygens (including phenoxy) is 1. The summed E-state index contributed by atoms with van der Waals surface area (Å²) < 4.78 is 18.2. The molecule has 0 bridgehead atoms. The summed E-state index contributed by atoms with van der Waals surface area (Å²) >= 11 is 6.08. The number of rotatable bonds is 7. The van der Waals surface area contributed by atoms with Gasteiger partial charge in [-0.1, -0.05) is 32.0 Å². The maximum atomic E-state index is 13.0. The third-order valence-corrected chi connectivity index (χ3v) is 2.74. The zero-order valence-corrected chi connectivity index (χ0v) is 11.6. The fraction of sp³-hybridized carbons (Fsp3) is 0.429. The molecule has 2 nitrogen and oxygen atoms in total. The molecule has 0 radical (unpaired) electrons. The molecule has 0 atom stereocenters. The Hall–Kier alpha value is -1.22. The molecule has 0 saturated heterocycles. The highest BCUT2D eigenvalue weighted by Crippen LogP contribution is 2.27. The van der Waals surface area contributed by atoms with Gasteiger partial charge in [0.25, 0.3) is 0 Å². The van der Waals surface area contributed by atoms with E-state index in [0.29, 0.717) is 24.1 Å². The van der Waals surface area contributed by atoms with Crippen molar-refractivity contribution in [1.29, 1.82) is 0 Å². The summed E-state index contributed by atoms with van der Waals surface area (Å²) in [5.74, 6) is 0.158. The summed E-state index contributed by atoms with van der Waals surface area (Å²) in [5, 5.41) is 0.425. The number of hydrogen-bond acceptors (Lipinski definition) is 2. The summed E-state index contributed by atoms with van der Waals surface area (Å²) in [6.45, 7) is 9.81. The number of anilines is 1. The van der Waals surface area contributed by atoms with E-state index in [-0.39, 0.29) is 5.82 Å². The van der Waals surface area contributed by atoms with Crippen LogP contribution in [-0.4, -0.2) is 19.7 Å². The lowest BCUT2D eigenvalue weighted by Crippen LogP contribution is -2.31. The third-order valence-electron chi connectivity index (χ3n) is 2.43. The number of benzene rings is 1. The first-order valence-electron chi connectivity index (χ1n) is 5.97. The molecule has 0 unspecified atom stereocenters. The minimum absolute atomic E-state index is 0.324. The van der Waals surface area contributed by atoms with E-state index in [4.69, 9.17) is 16.3 Å². The van der Waals surface area contributed by atoms with Gasteiger partial charge in [-0.05, 0) is 24.1 Å². The molecule has 4 heteroatoms. The minimum Gasteiger partial charge on any atom is -0.500 e. The lowest BCUT2D eigenvalue weighted by molar-refractivity contribution is 0.256. The van der Waals surface area contributed by atoms with Crippen LogP contribution in [0.4, 0.5) is 10.1 Å². The van der Waals surface area contributed by atoms with Crippen LogP contribution in [0.25, 0.3) is 0 Å². The van der Waals surface area contributed by atoms with Gasteiger partial charge in [-0.25, -0.2) is 4.39 Å². The molecule has 100 valence electrons. The van der Waals surface area contributed by atoms with Crippen LogP contribution in [0, 0.1) is 11.7 Å². The number of nitrogens with zero attached hydrogens (tertiary/aromatic N) is 1. The van der Waals surface area contributed by atoms with Gasteiger partial charge in [0.1, 0.15) is 12.4 Å². The predicted octanol–water partition coefficient (Wildman–Crippen LogP) is 4.10. The van der Waals surface area contributed by atoms with Crippen molar-refractivity contribution in [3.63, 3.8) is 0 Å². The van der Waals surface area contributed by atoms with Gasteiger partial charge in [-0.15, -0.1) is 0 Å². The Morgan fingerprint density at radius 2 is 2.22 bits per heavy atom. The molecular formula is C14H19ClFNO. The SMILES string of the molecule is C=COCCN(CC(C)C)c1ccc(F)cc1Cl. The molecule has 0 amide bonds. The molecule has 0 aliphatic carbocycles. The average Bonchev–Trinajstić information content (AvgIpc) is 2.27. The molecule has 0 N–H and O–H groups in total. The summed E-state index contributed by atoms with van der Waals surface area (Å²) in [7, 11) is 0. The van der Waals surface area contributed by atoms with Gasteiger partial charge in [0.2, 0.25) is 0 Å². The molecule has 0 aromatic heterocycles. The third kappa shape index (κ3) is 4.57. The van der Waals surface area contributed by atoms with Gasteiger partial charge in [0.05, 0.1) is 23.5 Å². The van der Waals surface area contributed by atoms with Gasteiger partial charge in [-0.3, -0.25) is 0 Å². The van der Waals surface area contributed by atoms with E-state index in [2.05, 4.69) is 25.3 Å². The second-order valence-corrected chi connectivity index (χ2v) is 4.88. The van der Waals surface area contributed by atoms with Crippen LogP contribution >= 0.6 is 11.6 Å². The van der Waals surface area contributed by atoms with E-state index < -0.39 is 0 Å². The van der Waals surface area contributed by atoms with Crippen molar-refractivity contribution >= 4 is 17.3 Å². The Morgan fingerprint density at radius 1 is 1.50 bits per heavy atom. The van der Waals surface area contributed by atoms with Crippen LogP contribution in [0.5, 0.6) is 0 Å². The number of hydrogen-bond donors (Lipinski definition) is 0. The predicted molar refractivity (Wildman–Crippen MR) is 74.6 cm³/mol. The van der Waals surface area contributed by atoms with Crippen molar-refractivity contribution in [1.82, 2.24) is 0 Å². The van der Waals surface area contributed by atoms with Crippen LogP contribution in [0.1, 0.15) is 13.8 Å². The zero-order valence-electron chi connectivity index (χ0n) is 10.8. The smallest absolute Gasteiger partial charge is 0.124 e. The fourth-order valence-electron chi connectivity index (χ4n) is 1.73. The van der Waals surface area contributed by atoms with Crippen LogP contribution < -0.4 is 4.90 Å². The van der Waals surface area contributed by atoms with E-state index in [1.54, 1.807) is 6.07 Å². The average molecular weight is 272 g/mol. The van der Waals surface area contributed by atoms with Crippen molar-refractivity contribution in [2.75, 3.05) is 24.6 Å². The Morgan fingerprint density at radius 3 is 2.78 bits per heavy atom. The molecule has 0 fully saturated rings. The van der Waals surface area contributed by atoms with Crippen LogP contribution in [-0.2, 0) is 4.74 Å². The molecule has 1 aromatic rings. The molecule has 1 aromatic carbocycles. The summed E-state index contributed by atoms with van der Waals surface area (Å²) in [5.41, 5.74) is 0.833. The monoisotopic (exact) mass is 271 g/mol. The van der Waals surface area contributed by atoms with Crippen molar-refractivity contribution in [2.45, 2.75) is 13.8 Å². The Bertz CT molecular complexity index is 395. The molecule has 0 saturated carbocycles. The summed E-state index contributed by atoms with van der Waals surface area (Å²) in [4.78, 5) is 2.09. The van der Waals surface area contributed by atoms with Crippen molar-refractivity contribution in [2.24, 2.45) is 5.92 Å². The topological polar surface area (TPSA) is 12.5 Å². The molecular weight excluding hydrogens is 253 g/mol. The van der Waals surface area contributed by atoms with Crippen LogP contribution in [0.3, 0.4) is 0 Å². The van der Waals surface area contributed by atoms with E-state index in [9.17, 15) is 4.39 Å². The molecule has 18 heavy (non-hydrogen) atoms. The number of halogens is 2. The quantitative estimate of drug-likeness (QED) is 0.547. The maximum absolute atomic E-state index is 13.0. The van der Waals surface area contributed by atoms with Crippen molar-refractivity contribution in [3.8, 4) is 0 Å². The lowest BCUT2D eigenvalue weighted by Gasteiger charge is -2.27. The highest BCUT2D eigenvalue weighted by molar-refractivity contribution is 6.33. The Balaban J connectivity index is 2.82. The van der Waals surface area contributed by atoms with Gasteiger partial charge in [-0.2, -0.15) is 0 Å². The van der Waals surface area contributed by atoms with Gasteiger partial charge in [0.15, 0.2) is 0 Å². The molecule has 0 aliphatic heterocycles. The van der Waals surface area contributed by atoms with E-state index in [1.807, 2.05) is 0 Å². The van der Waals surface area contributed by atoms with Gasteiger partial charge in [0, 0.05) is 6.54 Å². The molecule has 0 spiro atoms. The second kappa shape index (κ2) is 7.27. The normalized spacial score (nSPS) is 10.5. The minimum atomic E-state index is -0.324. The lowest BCUT2D eigenvalue weighted by atomic mass is 10.2.